The first-order valence-electron chi connectivity index (χ1n) is 5.15. The Morgan fingerprint density at radius 2 is 2.28 bits per heavy atom. The molecule has 100 valence electrons. The Labute approximate surface area is 112 Å². The summed E-state index contributed by atoms with van der Waals surface area (Å²) in [7, 11) is -2.07. The van der Waals surface area contributed by atoms with Gasteiger partial charge in [-0.2, -0.15) is 0 Å². The molecule has 1 unspecified atom stereocenters. The van der Waals surface area contributed by atoms with Crippen molar-refractivity contribution >= 4 is 27.2 Å². The normalized spacial score (nSPS) is 13.2. The highest BCUT2D eigenvalue weighted by atomic mass is 32.2. The summed E-state index contributed by atoms with van der Waals surface area (Å²) >= 11 is 4.73. The Bertz CT molecular complexity index is 514. The van der Waals surface area contributed by atoms with E-state index in [2.05, 4.69) is 9.71 Å². The Morgan fingerprint density at radius 3 is 2.72 bits per heavy atom. The molecular weight excluding hydrogens is 274 g/mol. The van der Waals surface area contributed by atoms with Gasteiger partial charge in [-0.15, -0.1) is 0 Å². The number of nitrogens with zero attached hydrogens (tertiary/aromatic N) is 1. The molecule has 18 heavy (non-hydrogen) atoms. The molecule has 0 aliphatic rings. The summed E-state index contributed by atoms with van der Waals surface area (Å²) in [5.74, 6) is 0. The molecule has 0 radical (unpaired) electrons. The van der Waals surface area contributed by atoms with E-state index in [1.54, 1.807) is 6.92 Å². The van der Waals surface area contributed by atoms with Crippen molar-refractivity contribution in [1.29, 1.82) is 0 Å². The summed E-state index contributed by atoms with van der Waals surface area (Å²) in [6.45, 7) is 1.95. The monoisotopic (exact) mass is 289 g/mol. The summed E-state index contributed by atoms with van der Waals surface area (Å²) in [5.41, 5.74) is 5.76. The van der Waals surface area contributed by atoms with E-state index in [1.807, 2.05) is 0 Å². The largest absolute Gasteiger partial charge is 0.388 e. The third kappa shape index (κ3) is 3.98. The Morgan fingerprint density at radius 1 is 1.61 bits per heavy atom. The molecule has 0 saturated carbocycles. The van der Waals surface area contributed by atoms with Gasteiger partial charge in [-0.3, -0.25) is 4.98 Å². The molecule has 8 heteroatoms. The van der Waals surface area contributed by atoms with Gasteiger partial charge in [0.25, 0.3) is 0 Å². The van der Waals surface area contributed by atoms with Crippen molar-refractivity contribution in [2.24, 2.45) is 5.73 Å². The van der Waals surface area contributed by atoms with Crippen LogP contribution in [0.2, 0.25) is 0 Å². The average molecular weight is 289 g/mol. The zero-order valence-corrected chi connectivity index (χ0v) is 11.7. The summed E-state index contributed by atoms with van der Waals surface area (Å²) in [4.78, 5) is 4.06. The fourth-order valence-corrected chi connectivity index (χ4v) is 2.26. The Hall–Kier alpha value is -1.09. The number of ether oxygens (including phenoxy) is 1. The van der Waals surface area contributed by atoms with Crippen molar-refractivity contribution in [2.75, 3.05) is 13.7 Å². The first kappa shape index (κ1) is 15.0. The van der Waals surface area contributed by atoms with Crippen LogP contribution in [0.4, 0.5) is 0 Å². The molecule has 0 fully saturated rings. The van der Waals surface area contributed by atoms with E-state index in [0.717, 1.165) is 0 Å². The number of methoxy groups -OCH3 is 1. The lowest BCUT2D eigenvalue weighted by atomic mass is 10.3. The van der Waals surface area contributed by atoms with Gasteiger partial charge in [0.15, 0.2) is 0 Å². The number of nitrogens with one attached hydrogen (secondary N) is 1. The van der Waals surface area contributed by atoms with E-state index < -0.39 is 10.0 Å². The number of sulfonamides is 1. The number of rotatable bonds is 6. The van der Waals surface area contributed by atoms with Crippen molar-refractivity contribution in [1.82, 2.24) is 9.71 Å². The SMILES string of the molecule is COC(C)CNS(=O)(=O)c1ccc(C(N)=S)nc1. The van der Waals surface area contributed by atoms with Crippen LogP contribution in [0.3, 0.4) is 0 Å². The van der Waals surface area contributed by atoms with Gasteiger partial charge < -0.3 is 10.5 Å². The summed E-state index contributed by atoms with van der Waals surface area (Å²) < 4.78 is 31.1. The molecule has 1 atom stereocenters. The summed E-state index contributed by atoms with van der Waals surface area (Å²) in [6, 6.07) is 2.87. The Kier molecular flexibility index (Phi) is 5.15. The maximum absolute atomic E-state index is 11.9. The van der Waals surface area contributed by atoms with Gasteiger partial charge in [-0.25, -0.2) is 13.1 Å². The number of nitrogens with two attached hydrogens (primary N) is 1. The molecule has 0 amide bonds. The maximum Gasteiger partial charge on any atom is 0.242 e. The highest BCUT2D eigenvalue weighted by molar-refractivity contribution is 7.89. The first-order chi connectivity index (χ1) is 8.36. The highest BCUT2D eigenvalue weighted by Gasteiger charge is 2.15. The van der Waals surface area contributed by atoms with Crippen LogP contribution in [0.1, 0.15) is 12.6 Å². The zero-order chi connectivity index (χ0) is 13.8. The number of pyridine rings is 1. The quantitative estimate of drug-likeness (QED) is 0.718. The number of hydrogen-bond acceptors (Lipinski definition) is 5. The third-order valence-corrected chi connectivity index (χ3v) is 3.88. The van der Waals surface area contributed by atoms with E-state index in [4.69, 9.17) is 22.7 Å². The van der Waals surface area contributed by atoms with Crippen LogP contribution in [-0.4, -0.2) is 38.1 Å². The van der Waals surface area contributed by atoms with Crippen LogP contribution in [0.15, 0.2) is 23.2 Å². The first-order valence-corrected chi connectivity index (χ1v) is 7.04. The number of hydrogen-bond donors (Lipinski definition) is 2. The van der Waals surface area contributed by atoms with Crippen LogP contribution in [0, 0.1) is 0 Å². The zero-order valence-electron chi connectivity index (χ0n) is 10.1. The molecule has 0 bridgehead atoms. The smallest absolute Gasteiger partial charge is 0.242 e. The van der Waals surface area contributed by atoms with Crippen LogP contribution in [-0.2, 0) is 14.8 Å². The van der Waals surface area contributed by atoms with E-state index in [0.29, 0.717) is 5.69 Å². The van der Waals surface area contributed by atoms with Crippen molar-refractivity contribution in [3.8, 4) is 0 Å². The molecule has 0 aliphatic heterocycles. The second-order valence-electron chi connectivity index (χ2n) is 3.64. The van der Waals surface area contributed by atoms with Gasteiger partial charge in [-0.1, -0.05) is 12.2 Å². The van der Waals surface area contributed by atoms with Gasteiger partial charge in [0.1, 0.15) is 9.88 Å². The minimum Gasteiger partial charge on any atom is -0.388 e. The molecule has 1 rings (SSSR count). The van der Waals surface area contributed by atoms with Crippen molar-refractivity contribution in [3.63, 3.8) is 0 Å². The average Bonchev–Trinajstić information content (AvgIpc) is 2.36. The lowest BCUT2D eigenvalue weighted by Gasteiger charge is -2.11. The number of aromatic nitrogens is 1. The predicted octanol–water partition coefficient (Wildman–Crippen LogP) is 0.0290. The number of thiocarbonyl (C=S) groups is 1. The topological polar surface area (TPSA) is 94.3 Å². The minimum atomic E-state index is -3.58. The van der Waals surface area contributed by atoms with E-state index >= 15 is 0 Å². The van der Waals surface area contributed by atoms with Gasteiger partial charge in [-0.05, 0) is 19.1 Å². The van der Waals surface area contributed by atoms with Crippen LogP contribution in [0.5, 0.6) is 0 Å². The van der Waals surface area contributed by atoms with Crippen molar-refractivity contribution in [2.45, 2.75) is 17.9 Å². The molecular formula is C10H15N3O3S2. The standard InChI is InChI=1S/C10H15N3O3S2/c1-7(16-2)5-13-18(14,15)8-3-4-9(10(11)17)12-6-8/h3-4,6-7,13H,5H2,1-2H3,(H2,11,17). The fraction of sp³-hybridized carbons (Fsp3) is 0.400. The molecule has 0 spiro atoms. The van der Waals surface area contributed by atoms with Crippen LogP contribution in [0.25, 0.3) is 0 Å². The molecule has 1 aromatic heterocycles. The lowest BCUT2D eigenvalue weighted by Crippen LogP contribution is -2.31. The highest BCUT2D eigenvalue weighted by Crippen LogP contribution is 2.07. The second-order valence-corrected chi connectivity index (χ2v) is 5.85. The van der Waals surface area contributed by atoms with Gasteiger partial charge in [0, 0.05) is 19.9 Å². The molecule has 1 heterocycles. The van der Waals surface area contributed by atoms with E-state index in [9.17, 15) is 8.42 Å². The summed E-state index contributed by atoms with van der Waals surface area (Å²) in [5, 5.41) is 0. The lowest BCUT2D eigenvalue weighted by molar-refractivity contribution is 0.122. The van der Waals surface area contributed by atoms with Gasteiger partial charge in [0.2, 0.25) is 10.0 Å². The molecule has 3 N–H and O–H groups in total. The molecule has 1 aromatic rings. The van der Waals surface area contributed by atoms with Crippen molar-refractivity contribution < 1.29 is 13.2 Å². The molecule has 0 aromatic carbocycles. The second kappa shape index (κ2) is 6.19. The Balaban J connectivity index is 2.82. The predicted molar refractivity (Wildman–Crippen MR) is 71.8 cm³/mol. The van der Waals surface area contributed by atoms with Crippen LogP contribution >= 0.6 is 12.2 Å². The molecule has 0 saturated heterocycles. The molecule has 6 nitrogen and oxygen atoms in total. The minimum absolute atomic E-state index is 0.0609. The van der Waals surface area contributed by atoms with Gasteiger partial charge >= 0.3 is 0 Å². The van der Waals surface area contributed by atoms with E-state index in [-0.39, 0.29) is 22.5 Å². The third-order valence-electron chi connectivity index (χ3n) is 2.26. The van der Waals surface area contributed by atoms with E-state index in [1.165, 1.54) is 25.4 Å². The van der Waals surface area contributed by atoms with Crippen molar-refractivity contribution in [3.05, 3.63) is 24.0 Å². The molecule has 0 aliphatic carbocycles. The summed E-state index contributed by atoms with van der Waals surface area (Å²) in [6.07, 6.45) is 1.01. The fourth-order valence-electron chi connectivity index (χ4n) is 1.08. The van der Waals surface area contributed by atoms with Crippen LogP contribution < -0.4 is 10.5 Å². The van der Waals surface area contributed by atoms with Gasteiger partial charge in [0.05, 0.1) is 11.8 Å². The maximum atomic E-state index is 11.9.